The molecule has 32 heavy (non-hydrogen) atoms. The lowest BCUT2D eigenvalue weighted by Crippen LogP contribution is -2.24. The lowest BCUT2D eigenvalue weighted by molar-refractivity contribution is 0.0948. The third-order valence-corrected chi connectivity index (χ3v) is 5.40. The van der Waals surface area contributed by atoms with E-state index in [2.05, 4.69) is 31.2 Å². The number of nitrogens with zero attached hydrogens (tertiary/aromatic N) is 3. The minimum absolute atomic E-state index is 0.129. The van der Waals surface area contributed by atoms with Crippen molar-refractivity contribution in [1.82, 2.24) is 15.3 Å². The molecule has 0 aliphatic heterocycles. The van der Waals surface area contributed by atoms with Crippen LogP contribution >= 0.6 is 15.9 Å². The minimum Gasteiger partial charge on any atom is -0.497 e. The summed E-state index contributed by atoms with van der Waals surface area (Å²) < 4.78 is 32.0. The monoisotopic (exact) mass is 498 g/mol. The van der Waals surface area contributed by atoms with Gasteiger partial charge in [0.15, 0.2) is 0 Å². The van der Waals surface area contributed by atoms with Gasteiger partial charge < -0.3 is 10.1 Å². The average molecular weight is 499 g/mol. The number of rotatable bonds is 6. The van der Waals surface area contributed by atoms with Gasteiger partial charge in [-0.1, -0.05) is 33.2 Å². The molecule has 0 radical (unpaired) electrons. The Morgan fingerprint density at radius 1 is 1.12 bits per heavy atom. The summed E-state index contributed by atoms with van der Waals surface area (Å²) in [6, 6.07) is 14.8. The van der Waals surface area contributed by atoms with Crippen LogP contribution in [0.5, 0.6) is 5.75 Å². The Hall–Kier alpha value is -3.59. The average Bonchev–Trinajstić information content (AvgIpc) is 2.82. The van der Waals surface area contributed by atoms with Crippen LogP contribution in [-0.2, 0) is 6.54 Å². The number of carbonyl (C=O) groups excluding carboxylic acids is 1. The number of nitrogens with one attached hydrogen (secondary N) is 1. The Morgan fingerprint density at radius 3 is 2.75 bits per heavy atom. The fourth-order valence-electron chi connectivity index (χ4n) is 3.45. The van der Waals surface area contributed by atoms with Crippen LogP contribution in [0.25, 0.3) is 21.9 Å². The number of amides is 1. The van der Waals surface area contributed by atoms with E-state index in [0.29, 0.717) is 4.47 Å². The van der Waals surface area contributed by atoms with E-state index < -0.39 is 17.1 Å². The van der Waals surface area contributed by atoms with Crippen LogP contribution in [0.15, 0.2) is 71.6 Å². The van der Waals surface area contributed by atoms with E-state index in [1.165, 1.54) is 12.3 Å². The normalized spacial score (nSPS) is 10.8. The molecule has 162 valence electrons. The van der Waals surface area contributed by atoms with Crippen LogP contribution < -0.4 is 15.4 Å². The molecule has 0 saturated carbocycles. The first-order valence-electron chi connectivity index (χ1n) is 9.53. The van der Waals surface area contributed by atoms with Crippen LogP contribution in [0.2, 0.25) is 0 Å². The Labute approximate surface area is 190 Å². The second-order valence-electron chi connectivity index (χ2n) is 6.87. The second-order valence-corrected chi connectivity index (χ2v) is 7.78. The molecule has 0 fully saturated rings. The molecular weight excluding hydrogens is 482 g/mol. The number of benzene rings is 2. The molecule has 0 aliphatic carbocycles. The van der Waals surface area contributed by atoms with Crippen molar-refractivity contribution in [2.45, 2.75) is 6.54 Å². The van der Waals surface area contributed by atoms with Crippen LogP contribution in [0, 0.1) is 0 Å². The van der Waals surface area contributed by atoms with E-state index in [4.69, 9.17) is 4.74 Å². The molecule has 6 nitrogen and oxygen atoms in total. The smallest absolute Gasteiger partial charge is 0.255 e. The zero-order chi connectivity index (χ0) is 22.7. The van der Waals surface area contributed by atoms with Crippen LogP contribution in [0.1, 0.15) is 15.9 Å². The van der Waals surface area contributed by atoms with Gasteiger partial charge in [-0.25, -0.2) is 4.98 Å². The summed E-state index contributed by atoms with van der Waals surface area (Å²) in [6.45, 7) is 0.129. The highest BCUT2D eigenvalue weighted by Gasteiger charge is 2.19. The maximum Gasteiger partial charge on any atom is 0.255 e. The van der Waals surface area contributed by atoms with Crippen molar-refractivity contribution < 1.29 is 18.5 Å². The Kier molecular flexibility index (Phi) is 6.27. The molecule has 2 heterocycles. The summed E-state index contributed by atoms with van der Waals surface area (Å²) in [4.78, 5) is 20.5. The van der Waals surface area contributed by atoms with Gasteiger partial charge >= 0.3 is 0 Å². The highest BCUT2D eigenvalue weighted by atomic mass is 79.9. The van der Waals surface area contributed by atoms with Gasteiger partial charge in [-0.15, -0.1) is 0 Å². The molecule has 1 amide bonds. The number of hydrogen-bond acceptors (Lipinski definition) is 5. The van der Waals surface area contributed by atoms with E-state index in [1.807, 2.05) is 42.5 Å². The number of ether oxygens (including phenoxy) is 1. The molecule has 0 bridgehead atoms. The van der Waals surface area contributed by atoms with E-state index in [1.54, 1.807) is 19.5 Å². The number of fused-ring (bicyclic) bond motifs is 1. The maximum atomic E-state index is 13.1. The zero-order valence-electron chi connectivity index (χ0n) is 16.8. The van der Waals surface area contributed by atoms with Crippen molar-refractivity contribution in [3.63, 3.8) is 0 Å². The van der Waals surface area contributed by atoms with Crippen molar-refractivity contribution in [3.8, 4) is 16.9 Å². The van der Waals surface area contributed by atoms with Crippen molar-refractivity contribution in [2.24, 2.45) is 0 Å². The molecule has 2 aromatic heterocycles. The molecular formula is C23H17BrF2N4O2. The molecule has 0 atom stereocenters. The Balaban J connectivity index is 1.66. The number of halogens is 3. The van der Waals surface area contributed by atoms with Gasteiger partial charge in [0.2, 0.25) is 5.82 Å². The van der Waals surface area contributed by atoms with Gasteiger partial charge in [-0.05, 0) is 67.6 Å². The zero-order valence-corrected chi connectivity index (χ0v) is 18.4. The van der Waals surface area contributed by atoms with Gasteiger partial charge in [-0.3, -0.25) is 9.78 Å². The summed E-state index contributed by atoms with van der Waals surface area (Å²) in [5.41, 5.74) is 2.53. The molecule has 0 spiro atoms. The fraction of sp³-hybridized carbons (Fsp3) is 0.0870. The van der Waals surface area contributed by atoms with E-state index in [-0.39, 0.29) is 12.1 Å². The summed E-state index contributed by atoms with van der Waals surface area (Å²) in [7, 11) is 1.62. The molecule has 0 saturated heterocycles. The van der Waals surface area contributed by atoms with Crippen molar-refractivity contribution in [1.29, 1.82) is 0 Å². The Morgan fingerprint density at radius 2 is 1.97 bits per heavy atom. The van der Waals surface area contributed by atoms with Gasteiger partial charge in [0, 0.05) is 35.0 Å². The number of pyridine rings is 2. The highest BCUT2D eigenvalue weighted by Crippen LogP contribution is 2.32. The Bertz CT molecular complexity index is 1300. The topological polar surface area (TPSA) is 67.3 Å². The lowest BCUT2D eigenvalue weighted by Gasteiger charge is -2.14. The number of hydrogen-bond donors (Lipinski definition) is 1. The summed E-state index contributed by atoms with van der Waals surface area (Å²) in [6.07, 6.45) is 4.62. The van der Waals surface area contributed by atoms with E-state index in [9.17, 15) is 13.8 Å². The lowest BCUT2D eigenvalue weighted by atomic mass is 9.96. The van der Waals surface area contributed by atoms with E-state index in [0.717, 1.165) is 33.2 Å². The summed E-state index contributed by atoms with van der Waals surface area (Å²) in [5, 5.41) is 3.32. The van der Waals surface area contributed by atoms with Gasteiger partial charge in [0.1, 0.15) is 5.75 Å². The SMILES string of the molecule is COc1cccc(-c2ccc(CNC(=O)c3cc(Br)cnc3N(F)F)c3cnccc23)c1. The van der Waals surface area contributed by atoms with Crippen LogP contribution in [0.4, 0.5) is 14.8 Å². The van der Waals surface area contributed by atoms with Gasteiger partial charge in [0.25, 0.3) is 5.91 Å². The third kappa shape index (κ3) is 4.38. The quantitative estimate of drug-likeness (QED) is 0.352. The molecule has 0 unspecified atom stereocenters. The third-order valence-electron chi connectivity index (χ3n) is 4.97. The van der Waals surface area contributed by atoms with Crippen molar-refractivity contribution >= 4 is 38.4 Å². The maximum absolute atomic E-state index is 13.1. The van der Waals surface area contributed by atoms with Gasteiger partial charge in [0.05, 0.1) is 12.7 Å². The molecule has 2 aromatic carbocycles. The molecule has 1 N–H and O–H groups in total. The number of carbonyl (C=O) groups is 1. The molecule has 9 heteroatoms. The predicted molar refractivity (Wildman–Crippen MR) is 122 cm³/mol. The molecule has 0 aliphatic rings. The largest absolute Gasteiger partial charge is 0.497 e. The first kappa shape index (κ1) is 21.6. The predicted octanol–water partition coefficient (Wildman–Crippen LogP) is 5.57. The highest BCUT2D eigenvalue weighted by molar-refractivity contribution is 9.10. The van der Waals surface area contributed by atoms with Crippen LogP contribution in [-0.4, -0.2) is 23.0 Å². The standard InChI is InChI=1S/C23H17BrF2N4O2/c1-32-17-4-2-3-14(9-17)18-6-5-15(21-13-27-8-7-19(18)21)11-29-23(31)20-10-16(24)12-28-22(20)30(25)26/h2-10,12-13H,11H2,1H3,(H,29,31). The minimum atomic E-state index is -1.18. The second kappa shape index (κ2) is 9.27. The molecule has 4 aromatic rings. The van der Waals surface area contributed by atoms with Crippen LogP contribution in [0.3, 0.4) is 0 Å². The van der Waals surface area contributed by atoms with E-state index >= 15 is 0 Å². The van der Waals surface area contributed by atoms with Crippen molar-refractivity contribution in [2.75, 3.05) is 12.5 Å². The fourth-order valence-corrected chi connectivity index (χ4v) is 3.78. The molecule has 4 rings (SSSR count). The number of methoxy groups -OCH3 is 1. The first-order chi connectivity index (χ1) is 15.5. The summed E-state index contributed by atoms with van der Waals surface area (Å²) >= 11 is 3.16. The summed E-state index contributed by atoms with van der Waals surface area (Å²) in [5.74, 6) is -0.636. The van der Waals surface area contributed by atoms with Gasteiger partial charge in [-0.2, -0.15) is 0 Å². The first-order valence-corrected chi connectivity index (χ1v) is 10.3. The number of aromatic nitrogens is 2. The van der Waals surface area contributed by atoms with Crippen molar-refractivity contribution in [3.05, 3.63) is 82.7 Å². The number of anilines is 1.